The molecule has 2 atom stereocenters. The second-order valence-electron chi connectivity index (χ2n) is 7.95. The molecule has 1 aromatic carbocycles. The second-order valence-corrected chi connectivity index (χ2v) is 8.38. The number of rotatable bonds is 9. The van der Waals surface area contributed by atoms with Crippen LogP contribution >= 0.6 is 11.6 Å². The highest BCUT2D eigenvalue weighted by atomic mass is 35.5. The van der Waals surface area contributed by atoms with E-state index in [9.17, 15) is 14.4 Å². The highest BCUT2D eigenvalue weighted by molar-refractivity contribution is 6.30. The van der Waals surface area contributed by atoms with E-state index in [1.165, 1.54) is 12.0 Å². The topological polar surface area (TPSA) is 97.0 Å². The summed E-state index contributed by atoms with van der Waals surface area (Å²) in [6.45, 7) is 5.42. The van der Waals surface area contributed by atoms with Crippen molar-refractivity contribution in [2.75, 3.05) is 27.7 Å². The van der Waals surface area contributed by atoms with Crippen molar-refractivity contribution >= 4 is 29.6 Å². The molecule has 0 spiro atoms. The van der Waals surface area contributed by atoms with Crippen LogP contribution in [0.15, 0.2) is 24.3 Å². The lowest BCUT2D eigenvalue weighted by atomic mass is 10.0. The third-order valence-electron chi connectivity index (χ3n) is 4.37. The Morgan fingerprint density at radius 2 is 1.77 bits per heavy atom. The molecule has 0 bridgehead atoms. The lowest BCUT2D eigenvalue weighted by Gasteiger charge is -2.30. The molecule has 8 nitrogen and oxygen atoms in total. The maximum Gasteiger partial charge on any atom is 0.410 e. The Bertz CT molecular complexity index is 718. The highest BCUT2D eigenvalue weighted by Gasteiger charge is 2.28. The minimum absolute atomic E-state index is 0.0377. The van der Waals surface area contributed by atoms with E-state index in [0.717, 1.165) is 5.56 Å². The molecule has 1 aromatic rings. The maximum atomic E-state index is 12.6. The van der Waals surface area contributed by atoms with Crippen LogP contribution in [0, 0.1) is 0 Å². The Labute approximate surface area is 183 Å². The molecule has 30 heavy (non-hydrogen) atoms. The van der Waals surface area contributed by atoms with E-state index in [4.69, 9.17) is 16.3 Å². The Hall–Kier alpha value is -2.32. The van der Waals surface area contributed by atoms with Gasteiger partial charge < -0.3 is 25.0 Å². The summed E-state index contributed by atoms with van der Waals surface area (Å²) in [6, 6.07) is 6.11. The van der Waals surface area contributed by atoms with Gasteiger partial charge in [-0.2, -0.15) is 0 Å². The van der Waals surface area contributed by atoms with Crippen molar-refractivity contribution in [3.8, 4) is 0 Å². The summed E-state index contributed by atoms with van der Waals surface area (Å²) >= 11 is 5.95. The van der Waals surface area contributed by atoms with Crippen molar-refractivity contribution in [2.24, 2.45) is 0 Å². The zero-order chi connectivity index (χ0) is 22.9. The minimum Gasteiger partial charge on any atom is -0.468 e. The summed E-state index contributed by atoms with van der Waals surface area (Å²) < 4.78 is 10.1. The number of esters is 1. The van der Waals surface area contributed by atoms with Gasteiger partial charge in [0.05, 0.1) is 7.11 Å². The minimum atomic E-state index is -0.655. The predicted molar refractivity (Wildman–Crippen MR) is 115 cm³/mol. The normalized spacial score (nSPS) is 13.2. The monoisotopic (exact) mass is 441 g/mol. The molecule has 0 aliphatic carbocycles. The highest BCUT2D eigenvalue weighted by Crippen LogP contribution is 2.17. The fraction of sp³-hybridized carbons (Fsp3) is 0.571. The molecule has 0 aromatic heterocycles. The molecule has 9 heteroatoms. The average molecular weight is 442 g/mol. The number of ether oxygens (including phenoxy) is 2. The molecule has 0 aliphatic heterocycles. The average Bonchev–Trinajstić information content (AvgIpc) is 2.67. The van der Waals surface area contributed by atoms with Gasteiger partial charge in [-0.1, -0.05) is 23.7 Å². The summed E-state index contributed by atoms with van der Waals surface area (Å²) in [5.74, 6) is -0.769. The lowest BCUT2D eigenvalue weighted by Crippen LogP contribution is -2.47. The lowest BCUT2D eigenvalue weighted by molar-refractivity contribution is -0.142. The number of nitrogens with one attached hydrogen (secondary N) is 2. The number of carbonyl (C=O) groups is 3. The molecule has 0 saturated carbocycles. The summed E-state index contributed by atoms with van der Waals surface area (Å²) in [6.07, 6.45) is -0.0418. The molecule has 0 aliphatic rings. The molecular formula is C21H32ClN3O5. The van der Waals surface area contributed by atoms with Crippen LogP contribution in [0.2, 0.25) is 5.02 Å². The van der Waals surface area contributed by atoms with Gasteiger partial charge in [0.15, 0.2) is 0 Å². The quantitative estimate of drug-likeness (QED) is 0.571. The van der Waals surface area contributed by atoms with Gasteiger partial charge in [0.25, 0.3) is 0 Å². The number of carbonyl (C=O) groups excluding carboxylic acids is 3. The van der Waals surface area contributed by atoms with Crippen molar-refractivity contribution in [1.29, 1.82) is 0 Å². The number of hydrogen-bond donors (Lipinski definition) is 2. The molecule has 0 saturated heterocycles. The van der Waals surface area contributed by atoms with E-state index >= 15 is 0 Å². The third-order valence-corrected chi connectivity index (χ3v) is 4.62. The molecule has 2 N–H and O–H groups in total. The zero-order valence-electron chi connectivity index (χ0n) is 18.5. The van der Waals surface area contributed by atoms with Gasteiger partial charge >= 0.3 is 12.1 Å². The first-order valence-corrected chi connectivity index (χ1v) is 10.1. The van der Waals surface area contributed by atoms with Gasteiger partial charge in [0.1, 0.15) is 11.6 Å². The van der Waals surface area contributed by atoms with Crippen LogP contribution in [0.3, 0.4) is 0 Å². The van der Waals surface area contributed by atoms with Gasteiger partial charge in [0, 0.05) is 31.1 Å². The molecule has 2 unspecified atom stereocenters. The van der Waals surface area contributed by atoms with Crippen LogP contribution in [-0.2, 0) is 25.5 Å². The number of benzene rings is 1. The Morgan fingerprint density at radius 1 is 1.17 bits per heavy atom. The fourth-order valence-electron chi connectivity index (χ4n) is 2.67. The number of likely N-dealkylation sites (N-methyl/N-ethyl adjacent to an activating group) is 2. The number of halogens is 1. The summed E-state index contributed by atoms with van der Waals surface area (Å²) in [4.78, 5) is 38.2. The Morgan fingerprint density at radius 3 is 2.27 bits per heavy atom. The van der Waals surface area contributed by atoms with E-state index in [1.807, 2.05) is 12.1 Å². The van der Waals surface area contributed by atoms with E-state index < -0.39 is 29.7 Å². The Balaban J connectivity index is 2.88. The van der Waals surface area contributed by atoms with Crippen molar-refractivity contribution in [2.45, 2.75) is 51.3 Å². The van der Waals surface area contributed by atoms with E-state index in [1.54, 1.807) is 47.0 Å². The van der Waals surface area contributed by atoms with Crippen LogP contribution in [-0.4, -0.2) is 68.3 Å². The maximum absolute atomic E-state index is 12.6. The predicted octanol–water partition coefficient (Wildman–Crippen LogP) is 2.39. The smallest absolute Gasteiger partial charge is 0.410 e. The van der Waals surface area contributed by atoms with Crippen LogP contribution in [0.5, 0.6) is 0 Å². The largest absolute Gasteiger partial charge is 0.468 e. The van der Waals surface area contributed by atoms with Gasteiger partial charge in [0.2, 0.25) is 5.91 Å². The number of hydrogen-bond acceptors (Lipinski definition) is 6. The molecule has 168 valence electrons. The first kappa shape index (κ1) is 25.7. The zero-order valence-corrected chi connectivity index (χ0v) is 19.2. The van der Waals surface area contributed by atoms with Crippen LogP contribution < -0.4 is 10.6 Å². The molecule has 0 heterocycles. The number of amides is 2. The van der Waals surface area contributed by atoms with E-state index in [0.29, 0.717) is 11.4 Å². The summed E-state index contributed by atoms with van der Waals surface area (Å²) in [5, 5.41) is 6.11. The fourth-order valence-corrected chi connectivity index (χ4v) is 2.80. The van der Waals surface area contributed by atoms with Crippen LogP contribution in [0.25, 0.3) is 0 Å². The van der Waals surface area contributed by atoms with Crippen LogP contribution in [0.4, 0.5) is 4.79 Å². The van der Waals surface area contributed by atoms with Crippen molar-refractivity contribution < 1.29 is 23.9 Å². The van der Waals surface area contributed by atoms with Crippen LogP contribution in [0.1, 0.15) is 32.8 Å². The molecule has 0 radical (unpaired) electrons. The summed E-state index contributed by atoms with van der Waals surface area (Å²) in [5.41, 5.74) is 0.272. The molecule has 1 rings (SSSR count). The van der Waals surface area contributed by atoms with Gasteiger partial charge in [-0.05, 0) is 51.9 Å². The van der Waals surface area contributed by atoms with Gasteiger partial charge in [-0.15, -0.1) is 0 Å². The van der Waals surface area contributed by atoms with E-state index in [2.05, 4.69) is 15.4 Å². The van der Waals surface area contributed by atoms with Gasteiger partial charge in [-0.25, -0.2) is 4.79 Å². The SMILES string of the molecule is CNC(CNC(=O)CC(Cc1ccc(Cl)cc1)N(C)C(=O)OC(C)(C)C)C(=O)OC. The Kier molecular flexibility index (Phi) is 10.1. The summed E-state index contributed by atoms with van der Waals surface area (Å²) in [7, 11) is 4.49. The van der Waals surface area contributed by atoms with Crippen molar-refractivity contribution in [1.82, 2.24) is 15.5 Å². The standard InChI is InChI=1S/C21H32ClN3O5/c1-21(2,3)30-20(28)25(5)16(11-14-7-9-15(22)10-8-14)12-18(26)24-13-17(23-4)19(27)29-6/h7-10,16-17,23H,11-13H2,1-6H3,(H,24,26). The molecular weight excluding hydrogens is 410 g/mol. The first-order chi connectivity index (χ1) is 14.0. The number of methoxy groups -OCH3 is 1. The van der Waals surface area contributed by atoms with Crippen molar-refractivity contribution in [3.05, 3.63) is 34.9 Å². The third kappa shape index (κ3) is 9.00. The number of nitrogens with zero attached hydrogens (tertiary/aromatic N) is 1. The molecule has 0 fully saturated rings. The first-order valence-electron chi connectivity index (χ1n) is 9.69. The van der Waals surface area contributed by atoms with E-state index in [-0.39, 0.29) is 18.9 Å². The second kappa shape index (κ2) is 11.8. The van der Waals surface area contributed by atoms with Gasteiger partial charge in [-0.3, -0.25) is 9.59 Å². The van der Waals surface area contributed by atoms with Crippen molar-refractivity contribution in [3.63, 3.8) is 0 Å². The molecule has 2 amide bonds.